The van der Waals surface area contributed by atoms with Crippen LogP contribution in [0.1, 0.15) is 43.2 Å². The predicted octanol–water partition coefficient (Wildman–Crippen LogP) is 14.4. The van der Waals surface area contributed by atoms with Gasteiger partial charge in [-0.3, -0.25) is 0 Å². The van der Waals surface area contributed by atoms with Crippen molar-refractivity contribution in [3.8, 4) is 33.4 Å². The van der Waals surface area contributed by atoms with E-state index in [2.05, 4.69) is 163 Å². The zero-order valence-corrected chi connectivity index (χ0v) is 31.4. The number of furan rings is 1. The Bertz CT molecular complexity index is 2850. The molecule has 14 rings (SSSR count). The van der Waals surface area contributed by atoms with Gasteiger partial charge in [0.15, 0.2) is 0 Å². The quantitative estimate of drug-likeness (QED) is 0.176. The lowest BCUT2D eigenvalue weighted by atomic mass is 9.53. The van der Waals surface area contributed by atoms with Crippen LogP contribution in [0.3, 0.4) is 0 Å². The minimum atomic E-state index is 0.154. The standard InChI is InChI=1S/C54H43NO/c1-2-11-33(12-3-1)40-13-5-8-19-50(40)55(38-25-22-34(23-26-38)41-16-10-17-44-43-15-6-9-20-51(43)56-53(41)44)39-27-28-48-46(32-39)42-14-4-7-18-47(42)54(48)37-24-21-35-29-36-30-49(54)52(35)45(36)31-37/h1-20,22-23,25-28,32,35-37,45,49,52H,21,24,29-31H2. The Morgan fingerprint density at radius 2 is 1.21 bits per heavy atom. The Kier molecular flexibility index (Phi) is 6.49. The van der Waals surface area contributed by atoms with E-state index in [9.17, 15) is 0 Å². The van der Waals surface area contributed by atoms with E-state index in [-0.39, 0.29) is 5.41 Å². The molecule has 6 aliphatic rings. The molecule has 270 valence electrons. The molecule has 2 nitrogen and oxygen atoms in total. The maximum atomic E-state index is 6.48. The zero-order chi connectivity index (χ0) is 36.5. The van der Waals surface area contributed by atoms with Crippen molar-refractivity contribution in [3.05, 3.63) is 175 Å². The Morgan fingerprint density at radius 3 is 2.12 bits per heavy atom. The highest BCUT2D eigenvalue weighted by molar-refractivity contribution is 6.09. The van der Waals surface area contributed by atoms with Crippen molar-refractivity contribution >= 4 is 39.0 Å². The molecule has 8 aromatic rings. The van der Waals surface area contributed by atoms with Gasteiger partial charge in [0.25, 0.3) is 0 Å². The van der Waals surface area contributed by atoms with E-state index >= 15 is 0 Å². The smallest absolute Gasteiger partial charge is 0.143 e. The Labute approximate surface area is 328 Å². The van der Waals surface area contributed by atoms with Crippen LogP contribution in [0.15, 0.2) is 168 Å². The summed E-state index contributed by atoms with van der Waals surface area (Å²) in [7, 11) is 0. The number of hydrogen-bond donors (Lipinski definition) is 0. The molecule has 0 aliphatic heterocycles. The molecular weight excluding hydrogens is 679 g/mol. The maximum Gasteiger partial charge on any atom is 0.143 e. The number of para-hydroxylation sites is 3. The summed E-state index contributed by atoms with van der Waals surface area (Å²) in [5.74, 6) is 5.33. The van der Waals surface area contributed by atoms with Crippen LogP contribution >= 0.6 is 0 Å². The Morgan fingerprint density at radius 1 is 0.500 bits per heavy atom. The molecule has 7 aromatic carbocycles. The molecule has 56 heavy (non-hydrogen) atoms. The molecule has 2 heteroatoms. The minimum absolute atomic E-state index is 0.154. The third-order valence-electron chi connectivity index (χ3n) is 15.4. The van der Waals surface area contributed by atoms with Gasteiger partial charge in [-0.2, -0.15) is 0 Å². The molecule has 7 atom stereocenters. The van der Waals surface area contributed by atoms with Crippen LogP contribution in [0.25, 0.3) is 55.3 Å². The summed E-state index contributed by atoms with van der Waals surface area (Å²) in [6.45, 7) is 0. The zero-order valence-electron chi connectivity index (χ0n) is 31.4. The summed E-state index contributed by atoms with van der Waals surface area (Å²) in [5, 5.41) is 2.31. The first-order valence-electron chi connectivity index (χ1n) is 21.0. The minimum Gasteiger partial charge on any atom is -0.455 e. The average Bonchev–Trinajstić information content (AvgIpc) is 3.92. The number of fused-ring (bicyclic) bond motifs is 7. The topological polar surface area (TPSA) is 16.4 Å². The lowest BCUT2D eigenvalue weighted by Crippen LogP contribution is -2.47. The molecular formula is C54H43NO. The summed E-state index contributed by atoms with van der Waals surface area (Å²) in [6.07, 6.45) is 7.21. The van der Waals surface area contributed by atoms with Crippen LogP contribution in [0.5, 0.6) is 0 Å². The highest BCUT2D eigenvalue weighted by atomic mass is 16.3. The summed E-state index contributed by atoms with van der Waals surface area (Å²) in [4.78, 5) is 2.50. The average molecular weight is 722 g/mol. The molecule has 6 aliphatic carbocycles. The molecule has 1 aromatic heterocycles. The predicted molar refractivity (Wildman–Crippen MR) is 230 cm³/mol. The van der Waals surface area contributed by atoms with Gasteiger partial charge in [-0.25, -0.2) is 0 Å². The molecule has 6 bridgehead atoms. The summed E-state index contributed by atoms with van der Waals surface area (Å²) < 4.78 is 6.48. The molecule has 7 unspecified atom stereocenters. The molecule has 0 radical (unpaired) electrons. The van der Waals surface area contributed by atoms with Gasteiger partial charge in [0, 0.05) is 38.7 Å². The first-order valence-corrected chi connectivity index (χ1v) is 21.0. The molecule has 1 heterocycles. The second kappa shape index (κ2) is 11.6. The third-order valence-corrected chi connectivity index (χ3v) is 15.4. The number of rotatable bonds is 5. The van der Waals surface area contributed by atoms with Crippen molar-refractivity contribution in [1.82, 2.24) is 0 Å². The Hall–Kier alpha value is -5.86. The van der Waals surface area contributed by atoms with Crippen molar-refractivity contribution in [2.45, 2.75) is 37.5 Å². The van der Waals surface area contributed by atoms with Crippen molar-refractivity contribution in [3.63, 3.8) is 0 Å². The van der Waals surface area contributed by atoms with Gasteiger partial charge in [0.1, 0.15) is 11.2 Å². The third kappa shape index (κ3) is 4.12. The maximum absolute atomic E-state index is 6.48. The molecule has 5 saturated carbocycles. The first kappa shape index (κ1) is 31.4. The van der Waals surface area contributed by atoms with Crippen LogP contribution < -0.4 is 4.90 Å². The lowest BCUT2D eigenvalue weighted by Gasteiger charge is -2.50. The number of benzene rings is 7. The van der Waals surface area contributed by atoms with Gasteiger partial charge in [-0.05, 0) is 137 Å². The molecule has 1 spiro atoms. The van der Waals surface area contributed by atoms with Crippen molar-refractivity contribution < 1.29 is 4.42 Å². The van der Waals surface area contributed by atoms with Gasteiger partial charge in [0.05, 0.1) is 5.69 Å². The number of nitrogens with zero attached hydrogens (tertiary/aromatic N) is 1. The van der Waals surface area contributed by atoms with Gasteiger partial charge in [-0.15, -0.1) is 0 Å². The van der Waals surface area contributed by atoms with E-state index in [4.69, 9.17) is 4.42 Å². The van der Waals surface area contributed by atoms with Crippen molar-refractivity contribution in [2.24, 2.45) is 35.5 Å². The first-order chi connectivity index (χ1) is 27.8. The van der Waals surface area contributed by atoms with E-state index in [0.29, 0.717) is 0 Å². The second-order valence-electron chi connectivity index (χ2n) is 17.5. The van der Waals surface area contributed by atoms with Crippen LogP contribution in [-0.2, 0) is 5.41 Å². The fraction of sp³-hybridized carbons (Fsp3) is 0.222. The van der Waals surface area contributed by atoms with Gasteiger partial charge in [0.2, 0.25) is 0 Å². The lowest BCUT2D eigenvalue weighted by molar-refractivity contribution is 0.0924. The molecule has 5 fully saturated rings. The normalized spacial score (nSPS) is 26.3. The SMILES string of the molecule is c1ccc(-c2ccccc2N(c2ccc(-c3cccc4c3oc3ccccc34)cc2)c2ccc3c(c2)-c2ccccc2C32C3CCC4CC5CC2C4C5C3)cc1. The van der Waals surface area contributed by atoms with E-state index in [1.165, 1.54) is 65.7 Å². The summed E-state index contributed by atoms with van der Waals surface area (Å²) in [5.41, 5.74) is 16.4. The van der Waals surface area contributed by atoms with E-state index < -0.39 is 0 Å². The van der Waals surface area contributed by atoms with Crippen LogP contribution in [0.2, 0.25) is 0 Å². The van der Waals surface area contributed by atoms with Crippen molar-refractivity contribution in [2.75, 3.05) is 4.90 Å². The van der Waals surface area contributed by atoms with Crippen LogP contribution in [0, 0.1) is 35.5 Å². The number of anilines is 3. The Balaban J connectivity index is 0.989. The fourth-order valence-corrected chi connectivity index (χ4v) is 13.5. The van der Waals surface area contributed by atoms with Crippen molar-refractivity contribution in [1.29, 1.82) is 0 Å². The van der Waals surface area contributed by atoms with E-state index in [1.807, 2.05) is 6.07 Å². The fourth-order valence-electron chi connectivity index (χ4n) is 13.5. The molecule has 0 saturated heterocycles. The monoisotopic (exact) mass is 721 g/mol. The highest BCUT2D eigenvalue weighted by Crippen LogP contribution is 2.75. The van der Waals surface area contributed by atoms with Gasteiger partial charge >= 0.3 is 0 Å². The van der Waals surface area contributed by atoms with E-state index in [0.717, 1.165) is 74.3 Å². The molecule has 0 N–H and O–H groups in total. The molecule has 0 amide bonds. The largest absolute Gasteiger partial charge is 0.455 e. The highest BCUT2D eigenvalue weighted by Gasteiger charge is 2.69. The van der Waals surface area contributed by atoms with E-state index in [1.54, 1.807) is 11.1 Å². The van der Waals surface area contributed by atoms with Gasteiger partial charge in [-0.1, -0.05) is 127 Å². The summed E-state index contributed by atoms with van der Waals surface area (Å²) >= 11 is 0. The van der Waals surface area contributed by atoms with Gasteiger partial charge < -0.3 is 9.32 Å². The van der Waals surface area contributed by atoms with Crippen LogP contribution in [-0.4, -0.2) is 0 Å². The summed E-state index contributed by atoms with van der Waals surface area (Å²) in [6, 6.07) is 61.0. The van der Waals surface area contributed by atoms with Crippen LogP contribution in [0.4, 0.5) is 17.1 Å². The second-order valence-corrected chi connectivity index (χ2v) is 17.5. The number of hydrogen-bond acceptors (Lipinski definition) is 2.